The highest BCUT2D eigenvalue weighted by atomic mass is 32.2. The Morgan fingerprint density at radius 3 is 2.96 bits per heavy atom. The van der Waals surface area contributed by atoms with Crippen LogP contribution >= 0.6 is 23.1 Å². The van der Waals surface area contributed by atoms with Crippen molar-refractivity contribution >= 4 is 28.9 Å². The van der Waals surface area contributed by atoms with Crippen molar-refractivity contribution in [3.05, 3.63) is 40.9 Å². The largest absolute Gasteiger partial charge is 0.383 e. The van der Waals surface area contributed by atoms with E-state index in [-0.39, 0.29) is 5.78 Å². The molecule has 3 heterocycles. The van der Waals surface area contributed by atoms with E-state index in [0.29, 0.717) is 18.9 Å². The summed E-state index contributed by atoms with van der Waals surface area (Å²) >= 11 is 2.94. The molecule has 0 saturated heterocycles. The van der Waals surface area contributed by atoms with Crippen LogP contribution < -0.4 is 0 Å². The summed E-state index contributed by atoms with van der Waals surface area (Å²) in [6.45, 7) is 5.18. The molecule has 0 atom stereocenters. The number of Topliss-reactive ketones (excluding diaryl/α,β-unsaturated/α-hetero) is 1. The van der Waals surface area contributed by atoms with E-state index in [9.17, 15) is 4.79 Å². The predicted molar refractivity (Wildman–Crippen MR) is 97.9 cm³/mol. The Balaban J connectivity index is 1.72. The minimum Gasteiger partial charge on any atom is -0.383 e. The van der Waals surface area contributed by atoms with Gasteiger partial charge in [0.15, 0.2) is 16.1 Å². The summed E-state index contributed by atoms with van der Waals surface area (Å²) in [5.41, 5.74) is 2.64. The standard InChI is InChI=1S/C16H19N5O2S2/c1-11-8-13(12(2)21(11)15-17-4-7-24-15)14(22)9-25-16-19-18-10-20(16)5-6-23-3/h4,7-8,10H,5-6,9H2,1-3H3. The summed E-state index contributed by atoms with van der Waals surface area (Å²) in [4.78, 5) is 17.0. The van der Waals surface area contributed by atoms with E-state index in [2.05, 4.69) is 15.2 Å². The lowest BCUT2D eigenvalue weighted by atomic mass is 10.2. The number of hydrogen-bond donors (Lipinski definition) is 0. The SMILES string of the molecule is COCCn1cnnc1SCC(=O)c1cc(C)n(-c2nccs2)c1C. The van der Waals surface area contributed by atoms with E-state index < -0.39 is 0 Å². The molecule has 3 rings (SSSR count). The van der Waals surface area contributed by atoms with E-state index in [4.69, 9.17) is 4.74 Å². The zero-order chi connectivity index (χ0) is 17.8. The van der Waals surface area contributed by atoms with Crippen molar-refractivity contribution in [3.63, 3.8) is 0 Å². The second kappa shape index (κ2) is 7.94. The van der Waals surface area contributed by atoms with Crippen LogP contribution in [0.2, 0.25) is 0 Å². The summed E-state index contributed by atoms with van der Waals surface area (Å²) in [5, 5.41) is 11.5. The van der Waals surface area contributed by atoms with Crippen molar-refractivity contribution in [1.29, 1.82) is 0 Å². The molecule has 9 heteroatoms. The number of carbonyl (C=O) groups is 1. The van der Waals surface area contributed by atoms with Crippen molar-refractivity contribution in [2.24, 2.45) is 0 Å². The van der Waals surface area contributed by atoms with Crippen molar-refractivity contribution in [3.8, 4) is 5.13 Å². The predicted octanol–water partition coefficient (Wildman–Crippen LogP) is 2.76. The molecule has 0 radical (unpaired) electrons. The van der Waals surface area contributed by atoms with Crippen molar-refractivity contribution in [2.75, 3.05) is 19.5 Å². The minimum atomic E-state index is 0.0715. The van der Waals surface area contributed by atoms with Crippen LogP contribution in [0.15, 0.2) is 29.1 Å². The van der Waals surface area contributed by atoms with Crippen LogP contribution in [0, 0.1) is 13.8 Å². The van der Waals surface area contributed by atoms with Gasteiger partial charge in [0.1, 0.15) is 6.33 Å². The first-order chi connectivity index (χ1) is 12.1. The molecule has 0 N–H and O–H groups in total. The van der Waals surface area contributed by atoms with E-state index in [0.717, 1.165) is 27.2 Å². The fourth-order valence-corrected chi connectivity index (χ4v) is 4.15. The second-order valence-corrected chi connectivity index (χ2v) is 7.26. The summed E-state index contributed by atoms with van der Waals surface area (Å²) in [7, 11) is 1.65. The Morgan fingerprint density at radius 2 is 2.24 bits per heavy atom. The third-order valence-corrected chi connectivity index (χ3v) is 5.53. The molecule has 0 aliphatic heterocycles. The van der Waals surface area contributed by atoms with Crippen molar-refractivity contribution < 1.29 is 9.53 Å². The first-order valence-electron chi connectivity index (χ1n) is 7.73. The smallest absolute Gasteiger partial charge is 0.193 e. The summed E-state index contributed by atoms with van der Waals surface area (Å²) in [5.74, 6) is 0.385. The van der Waals surface area contributed by atoms with Crippen LogP contribution in [0.4, 0.5) is 0 Å². The van der Waals surface area contributed by atoms with E-state index in [1.807, 2.05) is 34.4 Å². The molecule has 0 unspecified atom stereocenters. The Labute approximate surface area is 154 Å². The molecular formula is C16H19N5O2S2. The maximum Gasteiger partial charge on any atom is 0.193 e. The van der Waals surface area contributed by atoms with Gasteiger partial charge < -0.3 is 9.30 Å². The Bertz CT molecular complexity index is 854. The van der Waals surface area contributed by atoms with Crippen LogP contribution in [-0.2, 0) is 11.3 Å². The number of nitrogens with zero attached hydrogens (tertiary/aromatic N) is 5. The van der Waals surface area contributed by atoms with E-state index >= 15 is 0 Å². The van der Waals surface area contributed by atoms with E-state index in [1.165, 1.54) is 11.8 Å². The van der Waals surface area contributed by atoms with Gasteiger partial charge >= 0.3 is 0 Å². The fourth-order valence-electron chi connectivity index (χ4n) is 2.57. The lowest BCUT2D eigenvalue weighted by Crippen LogP contribution is -2.08. The number of thiazole rings is 1. The number of carbonyl (C=O) groups excluding carboxylic acids is 1. The number of aryl methyl sites for hydroxylation is 1. The fraction of sp³-hybridized carbons (Fsp3) is 0.375. The van der Waals surface area contributed by atoms with Gasteiger partial charge in [-0.1, -0.05) is 11.8 Å². The lowest BCUT2D eigenvalue weighted by Gasteiger charge is -2.06. The second-order valence-electron chi connectivity index (χ2n) is 5.45. The van der Waals surface area contributed by atoms with E-state index in [1.54, 1.807) is 31.0 Å². The molecule has 0 amide bonds. The van der Waals surface area contributed by atoms with Gasteiger partial charge in [0.2, 0.25) is 0 Å². The number of ether oxygens (including phenoxy) is 1. The molecule has 3 aromatic heterocycles. The molecule has 132 valence electrons. The Morgan fingerprint density at radius 1 is 1.40 bits per heavy atom. The highest BCUT2D eigenvalue weighted by molar-refractivity contribution is 7.99. The number of rotatable bonds is 8. The molecule has 0 aliphatic rings. The third kappa shape index (κ3) is 3.83. The van der Waals surface area contributed by atoms with Crippen LogP contribution in [0.3, 0.4) is 0 Å². The zero-order valence-electron chi connectivity index (χ0n) is 14.3. The molecule has 0 fully saturated rings. The summed E-state index contributed by atoms with van der Waals surface area (Å²) in [6, 6.07) is 1.93. The molecule has 25 heavy (non-hydrogen) atoms. The molecule has 0 bridgehead atoms. The number of hydrogen-bond acceptors (Lipinski definition) is 7. The number of thioether (sulfide) groups is 1. The zero-order valence-corrected chi connectivity index (χ0v) is 15.9. The Kier molecular flexibility index (Phi) is 5.67. The molecule has 0 aromatic carbocycles. The topological polar surface area (TPSA) is 74.8 Å². The van der Waals surface area contributed by atoms with Gasteiger partial charge in [-0.15, -0.1) is 21.5 Å². The monoisotopic (exact) mass is 377 g/mol. The Hall–Kier alpha value is -1.97. The van der Waals surface area contributed by atoms with Gasteiger partial charge in [-0.2, -0.15) is 0 Å². The summed E-state index contributed by atoms with van der Waals surface area (Å²) in [6.07, 6.45) is 3.42. The average molecular weight is 377 g/mol. The molecule has 0 spiro atoms. The van der Waals surface area contributed by atoms with Gasteiger partial charge in [0.05, 0.1) is 12.4 Å². The first kappa shape index (κ1) is 17.8. The van der Waals surface area contributed by atoms with Crippen molar-refractivity contribution in [2.45, 2.75) is 25.5 Å². The molecule has 7 nitrogen and oxygen atoms in total. The maximum absolute atomic E-state index is 12.7. The molecule has 3 aromatic rings. The molecular weight excluding hydrogens is 358 g/mol. The number of ketones is 1. The van der Waals surface area contributed by atoms with Crippen molar-refractivity contribution in [1.82, 2.24) is 24.3 Å². The normalized spacial score (nSPS) is 11.2. The van der Waals surface area contributed by atoms with Crippen LogP contribution in [0.5, 0.6) is 0 Å². The van der Waals surface area contributed by atoms with Crippen LogP contribution in [0.25, 0.3) is 5.13 Å². The van der Waals surface area contributed by atoms with Gasteiger partial charge in [0, 0.05) is 42.2 Å². The highest BCUT2D eigenvalue weighted by Crippen LogP contribution is 2.24. The number of methoxy groups -OCH3 is 1. The van der Waals surface area contributed by atoms with Gasteiger partial charge in [-0.25, -0.2) is 4.98 Å². The number of aromatic nitrogens is 5. The van der Waals surface area contributed by atoms with Crippen LogP contribution in [-0.4, -0.2) is 49.6 Å². The molecule has 0 aliphatic carbocycles. The highest BCUT2D eigenvalue weighted by Gasteiger charge is 2.18. The summed E-state index contributed by atoms with van der Waals surface area (Å²) < 4.78 is 8.98. The minimum absolute atomic E-state index is 0.0715. The van der Waals surface area contributed by atoms with Gasteiger partial charge in [-0.05, 0) is 19.9 Å². The maximum atomic E-state index is 12.7. The first-order valence-corrected chi connectivity index (χ1v) is 9.60. The average Bonchev–Trinajstić information content (AvgIpc) is 3.31. The third-order valence-electron chi connectivity index (χ3n) is 3.79. The molecule has 0 saturated carbocycles. The lowest BCUT2D eigenvalue weighted by molar-refractivity contribution is 0.102. The van der Waals surface area contributed by atoms with Gasteiger partial charge in [0.25, 0.3) is 0 Å². The van der Waals surface area contributed by atoms with Gasteiger partial charge in [-0.3, -0.25) is 9.36 Å². The van der Waals surface area contributed by atoms with Crippen LogP contribution in [0.1, 0.15) is 21.7 Å². The quantitative estimate of drug-likeness (QED) is 0.444.